The van der Waals surface area contributed by atoms with Crippen molar-refractivity contribution >= 4 is 15.8 Å². The molecule has 24 heavy (non-hydrogen) atoms. The summed E-state index contributed by atoms with van der Waals surface area (Å²) >= 11 is 0. The maximum atomic E-state index is 13.3. The fourth-order valence-corrected chi connectivity index (χ4v) is 6.31. The van der Waals surface area contributed by atoms with Crippen molar-refractivity contribution in [3.8, 4) is 0 Å². The average Bonchev–Trinajstić information content (AvgIpc) is 2.82. The van der Waals surface area contributed by atoms with Crippen molar-refractivity contribution in [3.63, 3.8) is 0 Å². The van der Waals surface area contributed by atoms with Crippen LogP contribution in [-0.4, -0.2) is 20.0 Å². The molecule has 2 bridgehead atoms. The van der Waals surface area contributed by atoms with Crippen molar-refractivity contribution < 1.29 is 17.6 Å². The van der Waals surface area contributed by atoms with E-state index in [2.05, 4.69) is 4.72 Å². The number of halogens is 1. The molecule has 1 aromatic carbocycles. The molecule has 1 aromatic rings. The summed E-state index contributed by atoms with van der Waals surface area (Å²) in [6, 6.07) is 4.32. The van der Waals surface area contributed by atoms with Crippen LogP contribution in [0.1, 0.15) is 44.2 Å². The van der Waals surface area contributed by atoms with Gasteiger partial charge in [-0.05, 0) is 54.4 Å². The van der Waals surface area contributed by atoms with Gasteiger partial charge in [0.15, 0.2) is 0 Å². The zero-order chi connectivity index (χ0) is 17.8. The molecule has 132 valence electrons. The first-order chi connectivity index (χ1) is 11.1. The number of fused-ring (bicyclic) bond motifs is 2. The fourth-order valence-electron chi connectivity index (χ4n) is 4.50. The van der Waals surface area contributed by atoms with Gasteiger partial charge in [0.1, 0.15) is 11.6 Å². The van der Waals surface area contributed by atoms with Gasteiger partial charge in [-0.1, -0.05) is 19.9 Å². The van der Waals surface area contributed by atoms with E-state index in [1.165, 1.54) is 12.1 Å². The molecule has 0 radical (unpaired) electrons. The number of hydrogen-bond acceptors (Lipinski definition) is 3. The van der Waals surface area contributed by atoms with Crippen molar-refractivity contribution in [2.45, 2.75) is 46.6 Å². The van der Waals surface area contributed by atoms with Crippen LogP contribution in [0.4, 0.5) is 4.39 Å². The molecule has 2 fully saturated rings. The van der Waals surface area contributed by atoms with Gasteiger partial charge in [0.05, 0.1) is 5.75 Å². The van der Waals surface area contributed by atoms with Crippen LogP contribution in [0.25, 0.3) is 0 Å². The Kier molecular flexibility index (Phi) is 4.12. The van der Waals surface area contributed by atoms with Crippen LogP contribution in [-0.2, 0) is 21.4 Å². The van der Waals surface area contributed by atoms with Crippen LogP contribution >= 0.6 is 0 Å². The molecule has 3 rings (SSSR count). The molecule has 0 aromatic heterocycles. The quantitative estimate of drug-likeness (QED) is 0.885. The maximum absolute atomic E-state index is 13.3. The SMILES string of the molecule is Cc1ccc(F)cc1CNS(=O)(=O)CC12CCC(CC1=O)C2(C)C. The highest BCUT2D eigenvalue weighted by Gasteiger charge is 2.65. The first-order valence-corrected chi connectivity index (χ1v) is 9.98. The third kappa shape index (κ3) is 2.69. The van der Waals surface area contributed by atoms with E-state index in [1.54, 1.807) is 6.07 Å². The summed E-state index contributed by atoms with van der Waals surface area (Å²) in [6.45, 7) is 5.89. The number of sulfonamides is 1. The van der Waals surface area contributed by atoms with E-state index < -0.39 is 15.4 Å². The summed E-state index contributed by atoms with van der Waals surface area (Å²) in [4.78, 5) is 12.5. The predicted molar refractivity (Wildman–Crippen MR) is 90.3 cm³/mol. The van der Waals surface area contributed by atoms with Crippen LogP contribution in [0.5, 0.6) is 0 Å². The monoisotopic (exact) mass is 353 g/mol. The van der Waals surface area contributed by atoms with Crippen LogP contribution < -0.4 is 4.72 Å². The zero-order valence-electron chi connectivity index (χ0n) is 14.4. The minimum Gasteiger partial charge on any atom is -0.299 e. The molecular formula is C18H24FNO3S. The fraction of sp³-hybridized carbons (Fsp3) is 0.611. The summed E-state index contributed by atoms with van der Waals surface area (Å²) in [5.41, 5.74) is 0.376. The van der Waals surface area contributed by atoms with E-state index in [4.69, 9.17) is 0 Å². The number of carbonyl (C=O) groups excluding carboxylic acids is 1. The lowest BCUT2D eigenvalue weighted by atomic mass is 9.70. The first-order valence-electron chi connectivity index (χ1n) is 8.33. The Morgan fingerprint density at radius 1 is 1.33 bits per heavy atom. The lowest BCUT2D eigenvalue weighted by Gasteiger charge is -2.36. The number of ketones is 1. The smallest absolute Gasteiger partial charge is 0.212 e. The number of hydrogen-bond donors (Lipinski definition) is 1. The zero-order valence-corrected chi connectivity index (χ0v) is 15.2. The van der Waals surface area contributed by atoms with E-state index in [-0.39, 0.29) is 35.2 Å². The van der Waals surface area contributed by atoms with Crippen LogP contribution in [0, 0.1) is 29.5 Å². The van der Waals surface area contributed by atoms with Gasteiger partial charge in [0, 0.05) is 18.4 Å². The van der Waals surface area contributed by atoms with E-state index >= 15 is 0 Å². The Hall–Kier alpha value is -1.27. The molecule has 0 heterocycles. The first kappa shape index (κ1) is 17.5. The van der Waals surface area contributed by atoms with Crippen LogP contribution in [0.15, 0.2) is 18.2 Å². The third-order valence-corrected chi connectivity index (χ3v) is 7.83. The Labute approximate surface area is 142 Å². The Bertz CT molecular complexity index is 787. The van der Waals surface area contributed by atoms with Crippen molar-refractivity contribution in [1.29, 1.82) is 0 Å². The molecule has 0 spiro atoms. The largest absolute Gasteiger partial charge is 0.299 e. The predicted octanol–water partition coefficient (Wildman–Crippen LogP) is 2.95. The number of rotatable bonds is 5. The van der Waals surface area contributed by atoms with Gasteiger partial charge in [-0.3, -0.25) is 4.79 Å². The Balaban J connectivity index is 1.77. The molecule has 0 amide bonds. The number of carbonyl (C=O) groups is 1. The highest BCUT2D eigenvalue weighted by atomic mass is 32.2. The highest BCUT2D eigenvalue weighted by Crippen LogP contribution is 2.64. The summed E-state index contributed by atoms with van der Waals surface area (Å²) in [6.07, 6.45) is 2.05. The van der Waals surface area contributed by atoms with Gasteiger partial charge in [0.25, 0.3) is 0 Å². The third-order valence-electron chi connectivity index (χ3n) is 6.37. The molecule has 2 atom stereocenters. The van der Waals surface area contributed by atoms with E-state index in [0.717, 1.165) is 12.0 Å². The molecule has 4 nitrogen and oxygen atoms in total. The standard InChI is InChI=1S/C18H24FNO3S/c1-12-4-5-15(19)8-13(12)10-20-24(22,23)11-18-7-6-14(9-16(18)21)17(18,2)3/h4-5,8,14,20H,6-7,9-11H2,1-3H3. The lowest BCUT2D eigenvalue weighted by molar-refractivity contribution is -0.128. The average molecular weight is 353 g/mol. The summed E-state index contributed by atoms with van der Waals surface area (Å²) < 4.78 is 41.1. The topological polar surface area (TPSA) is 63.2 Å². The van der Waals surface area contributed by atoms with Gasteiger partial charge < -0.3 is 0 Å². The van der Waals surface area contributed by atoms with Gasteiger partial charge >= 0.3 is 0 Å². The van der Waals surface area contributed by atoms with Gasteiger partial charge in [-0.15, -0.1) is 0 Å². The molecule has 2 aliphatic carbocycles. The normalized spacial score (nSPS) is 28.5. The van der Waals surface area contributed by atoms with Crippen LogP contribution in [0.2, 0.25) is 0 Å². The van der Waals surface area contributed by atoms with Crippen molar-refractivity contribution in [1.82, 2.24) is 4.72 Å². The van der Waals surface area contributed by atoms with Gasteiger partial charge in [-0.25, -0.2) is 17.5 Å². The van der Waals surface area contributed by atoms with Crippen LogP contribution in [0.3, 0.4) is 0 Å². The molecule has 2 saturated carbocycles. The second-order valence-electron chi connectivity index (χ2n) is 7.82. The van der Waals surface area contributed by atoms with E-state index in [9.17, 15) is 17.6 Å². The molecule has 2 aliphatic rings. The molecule has 1 N–H and O–H groups in total. The minimum absolute atomic E-state index is 0.0417. The minimum atomic E-state index is -3.63. The molecule has 2 unspecified atom stereocenters. The van der Waals surface area contributed by atoms with Gasteiger partial charge in [-0.2, -0.15) is 0 Å². The second kappa shape index (κ2) is 5.63. The number of nitrogens with one attached hydrogen (secondary N) is 1. The highest BCUT2D eigenvalue weighted by molar-refractivity contribution is 7.89. The van der Waals surface area contributed by atoms with Crippen molar-refractivity contribution in [2.24, 2.45) is 16.7 Å². The summed E-state index contributed by atoms with van der Waals surface area (Å²) in [7, 11) is -3.63. The molecular weight excluding hydrogens is 329 g/mol. The Morgan fingerprint density at radius 2 is 2.04 bits per heavy atom. The second-order valence-corrected chi connectivity index (χ2v) is 9.62. The summed E-state index contributed by atoms with van der Waals surface area (Å²) in [5.74, 6) is -0.197. The number of benzene rings is 1. The Morgan fingerprint density at radius 3 is 2.62 bits per heavy atom. The molecule has 6 heteroatoms. The maximum Gasteiger partial charge on any atom is 0.212 e. The molecule has 0 saturated heterocycles. The van der Waals surface area contributed by atoms with Crippen molar-refractivity contribution in [3.05, 3.63) is 35.1 Å². The van der Waals surface area contributed by atoms with Gasteiger partial charge in [0.2, 0.25) is 10.0 Å². The lowest BCUT2D eigenvalue weighted by Crippen LogP contribution is -2.45. The number of aryl methyl sites for hydroxylation is 1. The summed E-state index contributed by atoms with van der Waals surface area (Å²) in [5, 5.41) is 0. The van der Waals surface area contributed by atoms with E-state index in [1.807, 2.05) is 20.8 Å². The number of Topliss-reactive ketones (excluding diaryl/α,β-unsaturated/α-hetero) is 1. The van der Waals surface area contributed by atoms with E-state index in [0.29, 0.717) is 18.4 Å². The van der Waals surface area contributed by atoms with Crippen molar-refractivity contribution in [2.75, 3.05) is 5.75 Å². The molecule has 0 aliphatic heterocycles.